The van der Waals surface area contributed by atoms with Crippen LogP contribution in [0.5, 0.6) is 5.75 Å². The number of methoxy groups -OCH3 is 1. The molecule has 0 radical (unpaired) electrons. The molecule has 7 nitrogen and oxygen atoms in total. The Hall–Kier alpha value is -3.23. The number of piperazine rings is 1. The smallest absolute Gasteiger partial charge is 0.278 e. The molecule has 1 fully saturated rings. The van der Waals surface area contributed by atoms with Crippen molar-refractivity contribution in [2.45, 2.75) is 13.0 Å². The molecule has 164 valence electrons. The van der Waals surface area contributed by atoms with E-state index < -0.39 is 0 Å². The quantitative estimate of drug-likeness (QED) is 0.463. The highest BCUT2D eigenvalue weighted by molar-refractivity contribution is 7.18. The van der Waals surface area contributed by atoms with Gasteiger partial charge in [-0.2, -0.15) is 5.10 Å². The molecule has 0 spiro atoms. The summed E-state index contributed by atoms with van der Waals surface area (Å²) in [6.07, 6.45) is 1.76. The first-order chi connectivity index (χ1) is 15.6. The van der Waals surface area contributed by atoms with Crippen molar-refractivity contribution >= 4 is 27.5 Å². The van der Waals surface area contributed by atoms with Crippen LogP contribution in [0.1, 0.15) is 28.5 Å². The van der Waals surface area contributed by atoms with E-state index >= 15 is 0 Å². The Morgan fingerprint density at radius 1 is 1.03 bits per heavy atom. The number of amides is 1. The van der Waals surface area contributed by atoms with E-state index in [4.69, 9.17) is 9.72 Å². The average Bonchev–Trinajstić information content (AvgIpc) is 3.48. The largest absolute Gasteiger partial charge is 0.493 e. The predicted octanol–water partition coefficient (Wildman–Crippen LogP) is 4.01. The Kier molecular flexibility index (Phi) is 5.63. The Bertz CT molecular complexity index is 1190. The molecule has 0 bridgehead atoms. The van der Waals surface area contributed by atoms with E-state index in [0.29, 0.717) is 24.5 Å². The zero-order valence-electron chi connectivity index (χ0n) is 18.1. The van der Waals surface area contributed by atoms with Crippen molar-refractivity contribution in [3.05, 3.63) is 71.5 Å². The van der Waals surface area contributed by atoms with Gasteiger partial charge in [0, 0.05) is 26.2 Å². The van der Waals surface area contributed by atoms with Gasteiger partial charge in [-0.25, -0.2) is 9.67 Å². The zero-order chi connectivity index (χ0) is 22.1. The molecule has 0 saturated carbocycles. The monoisotopic (exact) mass is 447 g/mol. The third kappa shape index (κ3) is 3.87. The van der Waals surface area contributed by atoms with Crippen LogP contribution in [0.25, 0.3) is 15.9 Å². The van der Waals surface area contributed by atoms with Crippen LogP contribution in [0.2, 0.25) is 0 Å². The topological polar surface area (TPSA) is 63.5 Å². The Morgan fingerprint density at radius 2 is 1.75 bits per heavy atom. The zero-order valence-corrected chi connectivity index (χ0v) is 19.0. The van der Waals surface area contributed by atoms with Gasteiger partial charge in [0.05, 0.1) is 35.3 Å². The molecule has 2 aromatic carbocycles. The van der Waals surface area contributed by atoms with Gasteiger partial charge < -0.3 is 9.64 Å². The average molecular weight is 448 g/mol. The van der Waals surface area contributed by atoms with E-state index in [-0.39, 0.29) is 11.9 Å². The third-order valence-electron chi connectivity index (χ3n) is 5.94. The van der Waals surface area contributed by atoms with E-state index in [1.54, 1.807) is 29.3 Å². The highest BCUT2D eigenvalue weighted by Gasteiger charge is 2.29. The summed E-state index contributed by atoms with van der Waals surface area (Å²) in [6, 6.07) is 18.2. The van der Waals surface area contributed by atoms with E-state index in [1.165, 1.54) is 4.70 Å². The summed E-state index contributed by atoms with van der Waals surface area (Å²) in [4.78, 5) is 22.3. The first-order valence-electron chi connectivity index (χ1n) is 10.7. The summed E-state index contributed by atoms with van der Waals surface area (Å²) in [7, 11) is 1.57. The summed E-state index contributed by atoms with van der Waals surface area (Å²) in [6.45, 7) is 5.08. The minimum absolute atomic E-state index is 0.0937. The lowest BCUT2D eigenvalue weighted by atomic mass is 10.2. The number of benzene rings is 2. The minimum Gasteiger partial charge on any atom is -0.493 e. The summed E-state index contributed by atoms with van der Waals surface area (Å²) < 4.78 is 8.36. The Balaban J connectivity index is 1.28. The lowest BCUT2D eigenvalue weighted by Crippen LogP contribution is -2.49. The molecule has 5 rings (SSSR count). The van der Waals surface area contributed by atoms with Crippen molar-refractivity contribution < 1.29 is 9.53 Å². The Labute approximate surface area is 190 Å². The molecule has 0 unspecified atom stereocenters. The fourth-order valence-electron chi connectivity index (χ4n) is 4.06. The highest BCUT2D eigenvalue weighted by atomic mass is 32.1. The third-order valence-corrected chi connectivity index (χ3v) is 7.15. The molecule has 0 N–H and O–H groups in total. The molecule has 1 atom stereocenters. The van der Waals surface area contributed by atoms with E-state index in [9.17, 15) is 4.79 Å². The van der Waals surface area contributed by atoms with Gasteiger partial charge in [0.15, 0.2) is 11.4 Å². The number of aromatic nitrogens is 3. The van der Waals surface area contributed by atoms with Gasteiger partial charge in [-0.1, -0.05) is 30.3 Å². The summed E-state index contributed by atoms with van der Waals surface area (Å²) in [5, 5.41) is 5.65. The number of thiazole rings is 1. The first-order valence-corrected chi connectivity index (χ1v) is 11.5. The number of para-hydroxylation sites is 2. The van der Waals surface area contributed by atoms with Crippen molar-refractivity contribution in [1.82, 2.24) is 24.6 Å². The molecule has 4 aromatic rings. The van der Waals surface area contributed by atoms with Gasteiger partial charge in [-0.15, -0.1) is 11.3 Å². The van der Waals surface area contributed by atoms with Gasteiger partial charge in [0.2, 0.25) is 0 Å². The molecule has 0 aliphatic carbocycles. The first kappa shape index (κ1) is 20.7. The van der Waals surface area contributed by atoms with E-state index in [0.717, 1.165) is 29.3 Å². The highest BCUT2D eigenvalue weighted by Crippen LogP contribution is 2.30. The van der Waals surface area contributed by atoms with Crippen LogP contribution in [-0.4, -0.2) is 63.8 Å². The van der Waals surface area contributed by atoms with Crippen molar-refractivity contribution in [3.8, 4) is 11.4 Å². The number of rotatable bonds is 5. The summed E-state index contributed by atoms with van der Waals surface area (Å²) >= 11 is 1.75. The maximum atomic E-state index is 13.2. The van der Waals surface area contributed by atoms with Gasteiger partial charge >= 0.3 is 0 Å². The fourth-order valence-corrected chi connectivity index (χ4v) is 5.11. The SMILES string of the molecule is COc1cn(-c2ccccc2)nc1C(=O)N1CCN([C@H](C)c2nc3ccccc3s2)CC1. The molecular formula is C24H25N5O2S. The molecule has 1 amide bonds. The van der Waals surface area contributed by atoms with Crippen LogP contribution >= 0.6 is 11.3 Å². The summed E-state index contributed by atoms with van der Waals surface area (Å²) in [5.74, 6) is 0.396. The molecule has 1 aliphatic heterocycles. The molecule has 1 saturated heterocycles. The lowest BCUT2D eigenvalue weighted by Gasteiger charge is -2.37. The number of carbonyl (C=O) groups is 1. The number of hydrogen-bond acceptors (Lipinski definition) is 6. The van der Waals surface area contributed by atoms with Gasteiger partial charge in [-0.3, -0.25) is 9.69 Å². The molecular weight excluding hydrogens is 422 g/mol. The fraction of sp³-hybridized carbons (Fsp3) is 0.292. The minimum atomic E-state index is -0.0937. The molecule has 3 heterocycles. The number of carbonyl (C=O) groups excluding carboxylic acids is 1. The normalized spacial score (nSPS) is 15.8. The standard InChI is InChI=1S/C24H25N5O2S/c1-17(23-25-19-10-6-7-11-21(19)32-23)27-12-14-28(15-13-27)24(30)22-20(31-2)16-29(26-22)18-8-4-3-5-9-18/h3-11,16-17H,12-15H2,1-2H3/t17-/m1/s1. The van der Waals surface area contributed by atoms with E-state index in [2.05, 4.69) is 29.1 Å². The molecule has 32 heavy (non-hydrogen) atoms. The predicted molar refractivity (Wildman–Crippen MR) is 126 cm³/mol. The number of fused-ring (bicyclic) bond motifs is 1. The van der Waals surface area contributed by atoms with E-state index in [1.807, 2.05) is 47.4 Å². The van der Waals surface area contributed by atoms with Gasteiger partial charge in [-0.05, 0) is 31.2 Å². The number of ether oxygens (including phenoxy) is 1. The second kappa shape index (κ2) is 8.72. The molecule has 1 aliphatic rings. The second-order valence-electron chi connectivity index (χ2n) is 7.85. The number of nitrogens with zero attached hydrogens (tertiary/aromatic N) is 5. The van der Waals surface area contributed by atoms with Crippen molar-refractivity contribution in [3.63, 3.8) is 0 Å². The molecule has 2 aromatic heterocycles. The van der Waals surface area contributed by atoms with Crippen molar-refractivity contribution in [2.24, 2.45) is 0 Å². The maximum Gasteiger partial charge on any atom is 0.278 e. The maximum absolute atomic E-state index is 13.2. The van der Waals surface area contributed by atoms with Gasteiger partial charge in [0.1, 0.15) is 5.01 Å². The van der Waals surface area contributed by atoms with Crippen molar-refractivity contribution in [2.75, 3.05) is 33.3 Å². The second-order valence-corrected chi connectivity index (χ2v) is 8.91. The Morgan fingerprint density at radius 3 is 2.47 bits per heavy atom. The van der Waals surface area contributed by atoms with Gasteiger partial charge in [0.25, 0.3) is 5.91 Å². The van der Waals surface area contributed by atoms with Crippen LogP contribution in [0.4, 0.5) is 0 Å². The van der Waals surface area contributed by atoms with Crippen LogP contribution in [0.15, 0.2) is 60.8 Å². The lowest BCUT2D eigenvalue weighted by molar-refractivity contribution is 0.0573. The molecule has 8 heteroatoms. The number of hydrogen-bond donors (Lipinski definition) is 0. The van der Waals surface area contributed by atoms with Crippen molar-refractivity contribution in [1.29, 1.82) is 0 Å². The van der Waals surface area contributed by atoms with Crippen LogP contribution in [0, 0.1) is 0 Å². The van der Waals surface area contributed by atoms with Crippen LogP contribution in [-0.2, 0) is 0 Å². The summed E-state index contributed by atoms with van der Waals surface area (Å²) in [5.41, 5.74) is 2.29. The van der Waals surface area contributed by atoms with Crippen LogP contribution in [0.3, 0.4) is 0 Å². The van der Waals surface area contributed by atoms with Crippen LogP contribution < -0.4 is 4.74 Å².